The number of nitrogens with zero attached hydrogens (tertiary/aromatic N) is 3. The van der Waals surface area contributed by atoms with Gasteiger partial charge in [0.2, 0.25) is 5.91 Å². The maximum atomic E-state index is 12.4. The lowest BCUT2D eigenvalue weighted by molar-refractivity contribution is -0.119. The molecular formula is C19H17N5O4S. The first-order valence-electron chi connectivity index (χ1n) is 8.73. The summed E-state index contributed by atoms with van der Waals surface area (Å²) >= 11 is 1.28. The molecule has 0 aromatic carbocycles. The minimum absolute atomic E-state index is 0.132. The molecule has 0 radical (unpaired) electrons. The second-order valence-electron chi connectivity index (χ2n) is 6.14. The minimum atomic E-state index is -0.386. The van der Waals surface area contributed by atoms with Crippen molar-refractivity contribution in [3.8, 4) is 11.5 Å². The fourth-order valence-electron chi connectivity index (χ4n) is 2.56. The first kappa shape index (κ1) is 18.7. The minimum Gasteiger partial charge on any atom is -0.458 e. The molecule has 148 valence electrons. The molecule has 0 aliphatic carbocycles. The van der Waals surface area contributed by atoms with Crippen molar-refractivity contribution < 1.29 is 18.4 Å². The first-order valence-corrected chi connectivity index (χ1v) is 9.61. The van der Waals surface area contributed by atoms with Crippen molar-refractivity contribution >= 4 is 28.3 Å². The number of aromatic nitrogens is 3. The van der Waals surface area contributed by atoms with Gasteiger partial charge in [-0.3, -0.25) is 19.6 Å². The maximum Gasteiger partial charge on any atom is 0.293 e. The maximum absolute atomic E-state index is 12.4. The predicted octanol–water partition coefficient (Wildman–Crippen LogP) is 3.13. The van der Waals surface area contributed by atoms with E-state index in [0.717, 1.165) is 0 Å². The Morgan fingerprint density at radius 1 is 1.17 bits per heavy atom. The van der Waals surface area contributed by atoms with Crippen LogP contribution in [0.4, 0.5) is 5.13 Å². The van der Waals surface area contributed by atoms with E-state index in [1.54, 1.807) is 40.5 Å². The zero-order chi connectivity index (χ0) is 20.2. The fraction of sp³-hybridized carbons (Fsp3) is 0.158. The van der Waals surface area contributed by atoms with Gasteiger partial charge in [0.05, 0.1) is 13.1 Å². The molecule has 4 heterocycles. The average Bonchev–Trinajstić information content (AvgIpc) is 3.47. The Balaban J connectivity index is 1.38. The Morgan fingerprint density at radius 2 is 2.03 bits per heavy atom. The van der Waals surface area contributed by atoms with E-state index in [1.807, 2.05) is 12.3 Å². The van der Waals surface area contributed by atoms with Crippen molar-refractivity contribution in [3.63, 3.8) is 0 Å². The number of furan rings is 2. The molecule has 4 rings (SSSR count). The smallest absolute Gasteiger partial charge is 0.293 e. The molecule has 10 heteroatoms. The van der Waals surface area contributed by atoms with E-state index in [2.05, 4.69) is 20.7 Å². The summed E-state index contributed by atoms with van der Waals surface area (Å²) in [5.41, 5.74) is 0.596. The van der Waals surface area contributed by atoms with Crippen LogP contribution in [0.3, 0.4) is 0 Å². The van der Waals surface area contributed by atoms with E-state index in [-0.39, 0.29) is 17.6 Å². The Morgan fingerprint density at radius 3 is 2.83 bits per heavy atom. The predicted molar refractivity (Wildman–Crippen MR) is 105 cm³/mol. The molecule has 4 aromatic rings. The summed E-state index contributed by atoms with van der Waals surface area (Å²) in [6, 6.07) is 8.71. The summed E-state index contributed by atoms with van der Waals surface area (Å²) in [4.78, 5) is 27.8. The highest BCUT2D eigenvalue weighted by atomic mass is 32.1. The number of thiazole rings is 1. The molecule has 0 aliphatic heterocycles. The van der Waals surface area contributed by atoms with Gasteiger partial charge in [0.25, 0.3) is 5.91 Å². The molecule has 4 aromatic heterocycles. The fourth-order valence-corrected chi connectivity index (χ4v) is 3.26. The zero-order valence-electron chi connectivity index (χ0n) is 15.4. The molecule has 0 aliphatic rings. The number of hydrogen-bond donors (Lipinski definition) is 2. The van der Waals surface area contributed by atoms with Crippen LogP contribution in [0, 0.1) is 0 Å². The molecule has 9 nitrogen and oxygen atoms in total. The lowest BCUT2D eigenvalue weighted by Crippen LogP contribution is -2.18. The highest BCUT2D eigenvalue weighted by molar-refractivity contribution is 7.14. The number of nitrogens with one attached hydrogen (secondary N) is 2. The van der Waals surface area contributed by atoms with Gasteiger partial charge in [0.1, 0.15) is 17.2 Å². The second kappa shape index (κ2) is 8.15. The van der Waals surface area contributed by atoms with Crippen molar-refractivity contribution in [2.24, 2.45) is 0 Å². The molecular weight excluding hydrogens is 394 g/mol. The van der Waals surface area contributed by atoms with Crippen LogP contribution in [0.1, 0.15) is 29.0 Å². The van der Waals surface area contributed by atoms with Crippen molar-refractivity contribution in [2.75, 3.05) is 5.32 Å². The third-order valence-electron chi connectivity index (χ3n) is 3.91. The average molecular weight is 411 g/mol. The van der Waals surface area contributed by atoms with E-state index in [1.165, 1.54) is 18.3 Å². The van der Waals surface area contributed by atoms with Crippen LogP contribution < -0.4 is 10.6 Å². The Kier molecular flexibility index (Phi) is 5.25. The summed E-state index contributed by atoms with van der Waals surface area (Å²) in [5.74, 6) is 1.48. The highest BCUT2D eigenvalue weighted by Gasteiger charge is 2.15. The lowest BCUT2D eigenvalue weighted by Gasteiger charge is -1.99. The normalized spacial score (nSPS) is 10.8. The second-order valence-corrected chi connectivity index (χ2v) is 7.00. The largest absolute Gasteiger partial charge is 0.458 e. The van der Waals surface area contributed by atoms with Gasteiger partial charge in [-0.1, -0.05) is 0 Å². The summed E-state index contributed by atoms with van der Waals surface area (Å²) < 4.78 is 13.0. The molecule has 0 bridgehead atoms. The van der Waals surface area contributed by atoms with Crippen molar-refractivity contribution in [2.45, 2.75) is 20.0 Å². The van der Waals surface area contributed by atoms with E-state index in [4.69, 9.17) is 8.83 Å². The van der Waals surface area contributed by atoms with Crippen LogP contribution >= 0.6 is 11.3 Å². The van der Waals surface area contributed by atoms with Gasteiger partial charge in [-0.05, 0) is 30.3 Å². The monoisotopic (exact) mass is 411 g/mol. The van der Waals surface area contributed by atoms with Gasteiger partial charge in [0, 0.05) is 24.7 Å². The molecule has 0 atom stereocenters. The van der Waals surface area contributed by atoms with E-state index in [9.17, 15) is 9.59 Å². The van der Waals surface area contributed by atoms with E-state index < -0.39 is 0 Å². The third-order valence-corrected chi connectivity index (χ3v) is 4.67. The molecule has 2 N–H and O–H groups in total. The Hall–Kier alpha value is -3.66. The summed E-state index contributed by atoms with van der Waals surface area (Å²) in [6.07, 6.45) is 3.49. The first-order chi connectivity index (χ1) is 14.1. The summed E-state index contributed by atoms with van der Waals surface area (Å²) in [5, 5.41) is 11.7. The molecule has 0 spiro atoms. The number of hydrogen-bond acceptors (Lipinski definition) is 7. The van der Waals surface area contributed by atoms with E-state index in [0.29, 0.717) is 41.2 Å². The topological polar surface area (TPSA) is 115 Å². The van der Waals surface area contributed by atoms with Gasteiger partial charge >= 0.3 is 0 Å². The molecule has 0 fully saturated rings. The third kappa shape index (κ3) is 4.61. The molecule has 2 amide bonds. The van der Waals surface area contributed by atoms with Crippen LogP contribution in [0.25, 0.3) is 11.5 Å². The molecule has 29 heavy (non-hydrogen) atoms. The van der Waals surface area contributed by atoms with E-state index >= 15 is 0 Å². The number of anilines is 1. The van der Waals surface area contributed by atoms with Crippen molar-refractivity contribution in [1.29, 1.82) is 0 Å². The number of rotatable bonds is 7. The van der Waals surface area contributed by atoms with Crippen LogP contribution in [-0.4, -0.2) is 26.6 Å². The van der Waals surface area contributed by atoms with Crippen LogP contribution in [-0.2, 0) is 17.9 Å². The lowest BCUT2D eigenvalue weighted by atomic mass is 10.3. The summed E-state index contributed by atoms with van der Waals surface area (Å²) in [7, 11) is 0. The van der Waals surface area contributed by atoms with Crippen LogP contribution in [0.15, 0.2) is 56.9 Å². The quantitative estimate of drug-likeness (QED) is 0.483. The molecule has 0 unspecified atom stereocenters. The number of amides is 2. The van der Waals surface area contributed by atoms with Crippen LogP contribution in [0.5, 0.6) is 0 Å². The van der Waals surface area contributed by atoms with Gasteiger partial charge < -0.3 is 14.2 Å². The Bertz CT molecular complexity index is 1130. The number of carbonyl (C=O) groups excluding carboxylic acids is 2. The molecule has 0 saturated carbocycles. The summed E-state index contributed by atoms with van der Waals surface area (Å²) in [6.45, 7) is 2.20. The van der Waals surface area contributed by atoms with Gasteiger partial charge in [-0.25, -0.2) is 4.98 Å². The molecule has 0 saturated heterocycles. The SMILES string of the molecule is CC(=O)NCc1ccc(-c2csc(NC(=O)c3ccc(Cn4cccn4)o3)n2)o1. The Labute approximate surface area is 169 Å². The van der Waals surface area contributed by atoms with Crippen molar-refractivity contribution in [3.05, 3.63) is 65.4 Å². The van der Waals surface area contributed by atoms with Crippen molar-refractivity contribution in [1.82, 2.24) is 20.1 Å². The zero-order valence-corrected chi connectivity index (χ0v) is 16.2. The van der Waals surface area contributed by atoms with Gasteiger partial charge in [-0.15, -0.1) is 11.3 Å². The standard InChI is InChI=1S/C19H17N5O4S/c1-12(25)20-9-13-3-5-16(27-13)15-11-29-19(22-15)23-18(26)17-6-4-14(28-17)10-24-8-2-7-21-24/h2-8,11H,9-10H2,1H3,(H,20,25)(H,22,23,26). The highest BCUT2D eigenvalue weighted by Crippen LogP contribution is 2.27. The van der Waals surface area contributed by atoms with Crippen LogP contribution in [0.2, 0.25) is 0 Å². The van der Waals surface area contributed by atoms with Gasteiger partial charge in [-0.2, -0.15) is 5.10 Å². The number of carbonyl (C=O) groups is 2. The van der Waals surface area contributed by atoms with Gasteiger partial charge in [0.15, 0.2) is 16.7 Å².